The van der Waals surface area contributed by atoms with Crippen LogP contribution in [0.5, 0.6) is 0 Å². The van der Waals surface area contributed by atoms with Gasteiger partial charge in [-0.1, -0.05) is 20.8 Å². The van der Waals surface area contributed by atoms with E-state index in [4.69, 9.17) is 0 Å². The van der Waals surface area contributed by atoms with Gasteiger partial charge in [-0.3, -0.25) is 4.79 Å². The van der Waals surface area contributed by atoms with Crippen LogP contribution in [0.1, 0.15) is 27.2 Å². The molecule has 25 heavy (non-hydrogen) atoms. The van der Waals surface area contributed by atoms with Crippen molar-refractivity contribution < 1.29 is 26.4 Å². The van der Waals surface area contributed by atoms with Crippen LogP contribution in [0.3, 0.4) is 0 Å². The maximum Gasteiger partial charge on any atom is 0.282 e. The van der Waals surface area contributed by atoms with Crippen molar-refractivity contribution in [3.63, 3.8) is 0 Å². The van der Waals surface area contributed by atoms with Crippen LogP contribution in [0.4, 0.5) is 18.9 Å². The Morgan fingerprint density at radius 3 is 2.16 bits per heavy atom. The average molecular weight is 381 g/mol. The lowest BCUT2D eigenvalue weighted by atomic mass is 10.2. The number of amides is 1. The molecule has 1 amide bonds. The summed E-state index contributed by atoms with van der Waals surface area (Å²) >= 11 is 0. The lowest BCUT2D eigenvalue weighted by Gasteiger charge is -2.27. The zero-order valence-electron chi connectivity index (χ0n) is 14.4. The van der Waals surface area contributed by atoms with Crippen LogP contribution in [0.2, 0.25) is 0 Å². The molecular weight excluding hydrogens is 359 g/mol. The topological polar surface area (TPSA) is 69.7 Å². The Kier molecular flexibility index (Phi) is 7.84. The highest BCUT2D eigenvalue weighted by Gasteiger charge is 2.29. The van der Waals surface area contributed by atoms with Gasteiger partial charge < -0.3 is 5.32 Å². The minimum Gasteiger partial charge on any atom is -0.322 e. The predicted molar refractivity (Wildman–Crippen MR) is 88.7 cm³/mol. The van der Waals surface area contributed by atoms with Gasteiger partial charge in [-0.25, -0.2) is 13.2 Å². The maximum atomic E-state index is 13.6. The second kappa shape index (κ2) is 9.16. The number of carbonyl (C=O) groups is 1. The summed E-state index contributed by atoms with van der Waals surface area (Å²) in [5, 5.41) is 2.07. The lowest BCUT2D eigenvalue weighted by Crippen LogP contribution is -2.47. The second-order valence-corrected chi connectivity index (χ2v) is 7.13. The average Bonchev–Trinajstić information content (AvgIpc) is 2.56. The number of anilines is 1. The highest BCUT2D eigenvalue weighted by molar-refractivity contribution is 7.86. The van der Waals surface area contributed by atoms with E-state index >= 15 is 0 Å². The molecule has 0 spiro atoms. The molecule has 1 rings (SSSR count). The van der Waals surface area contributed by atoms with E-state index < -0.39 is 45.8 Å². The first kappa shape index (κ1) is 21.4. The van der Waals surface area contributed by atoms with Crippen LogP contribution in [0.15, 0.2) is 12.1 Å². The zero-order valence-corrected chi connectivity index (χ0v) is 15.2. The third-order valence-corrected chi connectivity index (χ3v) is 5.59. The van der Waals surface area contributed by atoms with E-state index in [1.807, 2.05) is 0 Å². The number of carbonyl (C=O) groups excluding carboxylic acids is 1. The summed E-state index contributed by atoms with van der Waals surface area (Å²) in [5.74, 6) is -5.48. The molecule has 0 heterocycles. The van der Waals surface area contributed by atoms with Crippen molar-refractivity contribution in [1.29, 1.82) is 0 Å². The molecule has 1 aromatic rings. The van der Waals surface area contributed by atoms with Gasteiger partial charge in [-0.2, -0.15) is 17.0 Å². The molecule has 0 aromatic heterocycles. The SMILES string of the molecule is CCCN(CC(=O)Nc1ccc(F)c(F)c1F)S(=O)(=O)N(CC)CC. The molecule has 0 atom stereocenters. The first-order chi connectivity index (χ1) is 11.7. The lowest BCUT2D eigenvalue weighted by molar-refractivity contribution is -0.116. The van der Waals surface area contributed by atoms with Crippen molar-refractivity contribution in [3.8, 4) is 0 Å². The van der Waals surface area contributed by atoms with Gasteiger partial charge >= 0.3 is 0 Å². The summed E-state index contributed by atoms with van der Waals surface area (Å²) in [6.07, 6.45) is 0.466. The Morgan fingerprint density at radius 2 is 1.64 bits per heavy atom. The van der Waals surface area contributed by atoms with Gasteiger partial charge in [-0.15, -0.1) is 0 Å². The van der Waals surface area contributed by atoms with Crippen LogP contribution < -0.4 is 5.32 Å². The molecule has 0 unspecified atom stereocenters. The van der Waals surface area contributed by atoms with Crippen LogP contribution in [-0.2, 0) is 15.0 Å². The molecule has 0 fully saturated rings. The quantitative estimate of drug-likeness (QED) is 0.668. The van der Waals surface area contributed by atoms with E-state index in [1.54, 1.807) is 20.8 Å². The Labute approximate surface area is 145 Å². The normalized spacial score (nSPS) is 12.0. The number of halogens is 3. The van der Waals surface area contributed by atoms with E-state index in [-0.39, 0.29) is 19.6 Å². The molecule has 0 bridgehead atoms. The minimum atomic E-state index is -3.86. The van der Waals surface area contributed by atoms with Crippen LogP contribution in [0, 0.1) is 17.5 Å². The molecule has 0 aliphatic carbocycles. The molecule has 0 radical (unpaired) electrons. The van der Waals surface area contributed by atoms with Crippen molar-refractivity contribution in [1.82, 2.24) is 8.61 Å². The third kappa shape index (κ3) is 5.16. The van der Waals surface area contributed by atoms with Gasteiger partial charge in [0.05, 0.1) is 12.2 Å². The Balaban J connectivity index is 2.96. The van der Waals surface area contributed by atoms with E-state index in [0.29, 0.717) is 12.5 Å². The van der Waals surface area contributed by atoms with Crippen LogP contribution in [0.25, 0.3) is 0 Å². The molecule has 0 aliphatic heterocycles. The van der Waals surface area contributed by atoms with Gasteiger partial charge in [0, 0.05) is 19.6 Å². The number of benzene rings is 1. The molecule has 0 saturated heterocycles. The molecule has 6 nitrogen and oxygen atoms in total. The molecule has 1 aromatic carbocycles. The van der Waals surface area contributed by atoms with Crippen LogP contribution >= 0.6 is 0 Å². The fourth-order valence-electron chi connectivity index (χ4n) is 2.21. The van der Waals surface area contributed by atoms with Gasteiger partial charge in [0.25, 0.3) is 10.2 Å². The highest BCUT2D eigenvalue weighted by atomic mass is 32.2. The third-order valence-electron chi connectivity index (χ3n) is 3.46. The smallest absolute Gasteiger partial charge is 0.282 e. The number of hydrogen-bond acceptors (Lipinski definition) is 3. The highest BCUT2D eigenvalue weighted by Crippen LogP contribution is 2.19. The van der Waals surface area contributed by atoms with Gasteiger partial charge in [0.15, 0.2) is 17.5 Å². The summed E-state index contributed by atoms with van der Waals surface area (Å²) in [5.41, 5.74) is -0.555. The van der Waals surface area contributed by atoms with Gasteiger partial charge in [0.1, 0.15) is 0 Å². The van der Waals surface area contributed by atoms with Crippen molar-refractivity contribution in [2.75, 3.05) is 31.5 Å². The summed E-state index contributed by atoms with van der Waals surface area (Å²) in [6.45, 7) is 5.08. The Morgan fingerprint density at radius 1 is 1.04 bits per heavy atom. The number of nitrogens with zero attached hydrogens (tertiary/aromatic N) is 2. The van der Waals surface area contributed by atoms with Crippen molar-refractivity contribution in [3.05, 3.63) is 29.6 Å². The fourth-order valence-corrected chi connectivity index (χ4v) is 3.88. The molecule has 1 N–H and O–H groups in total. The number of hydrogen-bond donors (Lipinski definition) is 1. The summed E-state index contributed by atoms with van der Waals surface area (Å²) < 4.78 is 66.9. The summed E-state index contributed by atoms with van der Waals surface area (Å²) in [6, 6.07) is 1.54. The number of nitrogens with one attached hydrogen (secondary N) is 1. The monoisotopic (exact) mass is 381 g/mol. The molecular formula is C15H22F3N3O3S. The van der Waals surface area contributed by atoms with Crippen molar-refractivity contribution >= 4 is 21.8 Å². The number of rotatable bonds is 9. The first-order valence-corrected chi connectivity index (χ1v) is 9.27. The van der Waals surface area contributed by atoms with E-state index in [1.165, 1.54) is 4.31 Å². The molecule has 0 aliphatic rings. The van der Waals surface area contributed by atoms with Crippen LogP contribution in [-0.4, -0.2) is 49.1 Å². The standard InChI is InChI=1S/C15H22F3N3O3S/c1-4-9-21(25(23,24)20(5-2)6-3)10-13(22)19-12-8-7-11(16)14(17)15(12)18/h7-8H,4-6,9-10H2,1-3H3,(H,19,22). The zero-order chi connectivity index (χ0) is 19.2. The van der Waals surface area contributed by atoms with Crippen molar-refractivity contribution in [2.45, 2.75) is 27.2 Å². The van der Waals surface area contributed by atoms with Crippen molar-refractivity contribution in [2.24, 2.45) is 0 Å². The van der Waals surface area contributed by atoms with Gasteiger partial charge in [-0.05, 0) is 18.6 Å². The van der Waals surface area contributed by atoms with E-state index in [2.05, 4.69) is 5.32 Å². The largest absolute Gasteiger partial charge is 0.322 e. The van der Waals surface area contributed by atoms with E-state index in [0.717, 1.165) is 10.4 Å². The maximum absolute atomic E-state index is 13.6. The molecule has 0 saturated carbocycles. The first-order valence-electron chi connectivity index (χ1n) is 7.87. The molecule has 142 valence electrons. The Bertz CT molecular complexity index is 709. The fraction of sp³-hybridized carbons (Fsp3) is 0.533. The minimum absolute atomic E-state index is 0.0898. The van der Waals surface area contributed by atoms with E-state index in [9.17, 15) is 26.4 Å². The summed E-state index contributed by atoms with van der Waals surface area (Å²) in [7, 11) is -3.86. The second-order valence-electron chi connectivity index (χ2n) is 5.20. The summed E-state index contributed by atoms with van der Waals surface area (Å²) in [4.78, 5) is 12.1. The molecule has 10 heteroatoms. The predicted octanol–water partition coefficient (Wildman–Crippen LogP) is 2.34. The van der Waals surface area contributed by atoms with Gasteiger partial charge in [0.2, 0.25) is 5.91 Å². The Hall–Kier alpha value is -1.65.